The first-order valence-corrected chi connectivity index (χ1v) is 9.27. The molecule has 0 aliphatic carbocycles. The normalized spacial score (nSPS) is 14.2. The van der Waals surface area contributed by atoms with E-state index in [0.717, 1.165) is 10.4 Å². The van der Waals surface area contributed by atoms with E-state index in [1.54, 1.807) is 31.2 Å². The molecular formula is C18H19ClN2O3S. The van der Waals surface area contributed by atoms with E-state index in [0.29, 0.717) is 47.3 Å². The number of benzene rings is 1. The molecule has 2 aromatic rings. The smallest absolute Gasteiger partial charge is 0.320 e. The first-order chi connectivity index (χ1) is 12.0. The van der Waals surface area contributed by atoms with Crippen molar-refractivity contribution in [2.45, 2.75) is 19.9 Å². The summed E-state index contributed by atoms with van der Waals surface area (Å²) in [6.45, 7) is 3.73. The van der Waals surface area contributed by atoms with Crippen LogP contribution < -0.4 is 5.73 Å². The van der Waals surface area contributed by atoms with Gasteiger partial charge < -0.3 is 10.5 Å². The summed E-state index contributed by atoms with van der Waals surface area (Å²) >= 11 is 7.31. The molecule has 0 unspecified atom stereocenters. The average molecular weight is 379 g/mol. The van der Waals surface area contributed by atoms with Crippen LogP contribution in [0.2, 0.25) is 5.02 Å². The van der Waals surface area contributed by atoms with E-state index in [-0.39, 0.29) is 18.3 Å². The number of ketones is 1. The van der Waals surface area contributed by atoms with Crippen LogP contribution in [0, 0.1) is 0 Å². The Bertz CT molecular complexity index is 801. The van der Waals surface area contributed by atoms with Crippen LogP contribution in [-0.2, 0) is 22.5 Å². The molecular weight excluding hydrogens is 360 g/mol. The third-order valence-corrected chi connectivity index (χ3v) is 5.45. The number of hydrogen-bond donors (Lipinski definition) is 1. The summed E-state index contributed by atoms with van der Waals surface area (Å²) in [6.07, 6.45) is 0.692. The minimum absolute atomic E-state index is 0.0782. The van der Waals surface area contributed by atoms with Gasteiger partial charge in [0, 0.05) is 28.6 Å². The van der Waals surface area contributed by atoms with E-state index in [4.69, 9.17) is 22.1 Å². The van der Waals surface area contributed by atoms with E-state index >= 15 is 0 Å². The number of anilines is 1. The number of rotatable bonds is 5. The van der Waals surface area contributed by atoms with E-state index in [1.165, 1.54) is 11.3 Å². The number of carbonyl (C=O) groups excluding carboxylic acids is 2. The van der Waals surface area contributed by atoms with Crippen molar-refractivity contribution >= 4 is 39.7 Å². The Morgan fingerprint density at radius 2 is 2.04 bits per heavy atom. The summed E-state index contributed by atoms with van der Waals surface area (Å²) in [5, 5.41) is 1.12. The molecule has 3 rings (SSSR count). The standard InChI is InChI=1S/C18H19ClN2O3S/c1-2-24-15(22)10-21-8-7-13-14(9-21)25-18(20)16(13)17(23)11-3-5-12(19)6-4-11/h3-6H,2,7-10,20H2,1H3. The van der Waals surface area contributed by atoms with Crippen molar-refractivity contribution in [1.29, 1.82) is 0 Å². The number of thiophene rings is 1. The van der Waals surface area contributed by atoms with Gasteiger partial charge in [-0.15, -0.1) is 11.3 Å². The predicted molar refractivity (Wildman–Crippen MR) is 99.2 cm³/mol. The van der Waals surface area contributed by atoms with Gasteiger partial charge in [0.1, 0.15) is 0 Å². The Kier molecular flexibility index (Phi) is 5.42. The van der Waals surface area contributed by atoms with Crippen molar-refractivity contribution in [2.24, 2.45) is 0 Å². The molecule has 25 heavy (non-hydrogen) atoms. The first-order valence-electron chi connectivity index (χ1n) is 8.07. The Morgan fingerprint density at radius 3 is 2.72 bits per heavy atom. The van der Waals surface area contributed by atoms with Crippen molar-refractivity contribution in [3.05, 3.63) is 50.9 Å². The first kappa shape index (κ1) is 17.9. The van der Waals surface area contributed by atoms with Gasteiger partial charge >= 0.3 is 5.97 Å². The fourth-order valence-electron chi connectivity index (χ4n) is 3.00. The van der Waals surface area contributed by atoms with Crippen LogP contribution in [0.3, 0.4) is 0 Å². The van der Waals surface area contributed by atoms with Crippen LogP contribution in [0.15, 0.2) is 24.3 Å². The zero-order valence-electron chi connectivity index (χ0n) is 13.9. The maximum atomic E-state index is 12.9. The molecule has 1 aromatic heterocycles. The van der Waals surface area contributed by atoms with Crippen molar-refractivity contribution in [3.63, 3.8) is 0 Å². The number of carbonyl (C=O) groups is 2. The second kappa shape index (κ2) is 7.56. The molecule has 0 bridgehead atoms. The molecule has 132 valence electrons. The fraction of sp³-hybridized carbons (Fsp3) is 0.333. The Morgan fingerprint density at radius 1 is 1.32 bits per heavy atom. The monoisotopic (exact) mass is 378 g/mol. The number of ether oxygens (including phenoxy) is 1. The highest BCUT2D eigenvalue weighted by Crippen LogP contribution is 2.36. The van der Waals surface area contributed by atoms with Crippen molar-refractivity contribution in [2.75, 3.05) is 25.4 Å². The van der Waals surface area contributed by atoms with Gasteiger partial charge in [0.05, 0.1) is 23.7 Å². The molecule has 0 atom stereocenters. The van der Waals surface area contributed by atoms with Gasteiger partial charge in [-0.25, -0.2) is 0 Å². The maximum Gasteiger partial charge on any atom is 0.320 e. The lowest BCUT2D eigenvalue weighted by Gasteiger charge is -2.26. The molecule has 0 amide bonds. The highest BCUT2D eigenvalue weighted by molar-refractivity contribution is 7.16. The quantitative estimate of drug-likeness (QED) is 0.639. The molecule has 1 aliphatic rings. The van der Waals surface area contributed by atoms with Gasteiger partial charge in [-0.1, -0.05) is 11.6 Å². The van der Waals surface area contributed by atoms with E-state index in [9.17, 15) is 9.59 Å². The van der Waals surface area contributed by atoms with Gasteiger partial charge in [0.2, 0.25) is 0 Å². The Balaban J connectivity index is 1.81. The Labute approximate surface area is 155 Å². The van der Waals surface area contributed by atoms with Gasteiger partial charge in [-0.05, 0) is 43.2 Å². The topological polar surface area (TPSA) is 72.6 Å². The number of nitrogen functional groups attached to an aromatic ring is 1. The summed E-state index contributed by atoms with van der Waals surface area (Å²) < 4.78 is 5.00. The summed E-state index contributed by atoms with van der Waals surface area (Å²) in [7, 11) is 0. The molecule has 2 N–H and O–H groups in total. The molecule has 0 spiro atoms. The SMILES string of the molecule is CCOC(=O)CN1CCc2c(sc(N)c2C(=O)c2ccc(Cl)cc2)C1. The third-order valence-electron chi connectivity index (χ3n) is 4.15. The van der Waals surface area contributed by atoms with Crippen molar-refractivity contribution < 1.29 is 14.3 Å². The fourth-order valence-corrected chi connectivity index (χ4v) is 4.28. The van der Waals surface area contributed by atoms with E-state index in [2.05, 4.69) is 0 Å². The maximum absolute atomic E-state index is 12.9. The van der Waals surface area contributed by atoms with Gasteiger partial charge in [-0.3, -0.25) is 14.5 Å². The lowest BCUT2D eigenvalue weighted by molar-refractivity contribution is -0.144. The third kappa shape index (κ3) is 3.86. The number of esters is 1. The number of hydrogen-bond acceptors (Lipinski definition) is 6. The number of fused-ring (bicyclic) bond motifs is 1. The summed E-state index contributed by atoms with van der Waals surface area (Å²) in [5.41, 5.74) is 8.32. The molecule has 7 heteroatoms. The second-order valence-corrected chi connectivity index (χ2v) is 7.42. The van der Waals surface area contributed by atoms with E-state index < -0.39 is 0 Å². The molecule has 1 aromatic carbocycles. The van der Waals surface area contributed by atoms with Crippen LogP contribution in [0.25, 0.3) is 0 Å². The largest absolute Gasteiger partial charge is 0.465 e. The highest BCUT2D eigenvalue weighted by Gasteiger charge is 2.28. The summed E-state index contributed by atoms with van der Waals surface area (Å²) in [5.74, 6) is -0.307. The van der Waals surface area contributed by atoms with Gasteiger partial charge in [0.25, 0.3) is 0 Å². The Hall–Kier alpha value is -1.89. The molecule has 2 heterocycles. The molecule has 5 nitrogen and oxygen atoms in total. The lowest BCUT2D eigenvalue weighted by Crippen LogP contribution is -2.35. The lowest BCUT2D eigenvalue weighted by atomic mass is 9.96. The second-order valence-electron chi connectivity index (χ2n) is 5.84. The van der Waals surface area contributed by atoms with Crippen LogP contribution in [0.1, 0.15) is 33.3 Å². The zero-order chi connectivity index (χ0) is 18.0. The summed E-state index contributed by atoms with van der Waals surface area (Å²) in [6, 6.07) is 6.82. The van der Waals surface area contributed by atoms with E-state index in [1.807, 2.05) is 4.90 Å². The van der Waals surface area contributed by atoms with Crippen LogP contribution in [0.4, 0.5) is 5.00 Å². The van der Waals surface area contributed by atoms with Crippen LogP contribution >= 0.6 is 22.9 Å². The molecule has 0 saturated carbocycles. The highest BCUT2D eigenvalue weighted by atomic mass is 35.5. The molecule has 0 fully saturated rings. The molecule has 0 radical (unpaired) electrons. The van der Waals surface area contributed by atoms with Crippen LogP contribution in [-0.4, -0.2) is 36.3 Å². The average Bonchev–Trinajstić information content (AvgIpc) is 2.90. The van der Waals surface area contributed by atoms with Crippen molar-refractivity contribution in [1.82, 2.24) is 4.90 Å². The van der Waals surface area contributed by atoms with Gasteiger partial charge in [0.15, 0.2) is 5.78 Å². The minimum Gasteiger partial charge on any atom is -0.465 e. The van der Waals surface area contributed by atoms with Crippen molar-refractivity contribution in [3.8, 4) is 0 Å². The molecule has 1 aliphatic heterocycles. The predicted octanol–water partition coefficient (Wildman–Crippen LogP) is 3.14. The minimum atomic E-state index is -0.229. The number of halogens is 1. The summed E-state index contributed by atoms with van der Waals surface area (Å²) in [4.78, 5) is 27.6. The zero-order valence-corrected chi connectivity index (χ0v) is 15.5. The molecule has 0 saturated heterocycles. The van der Waals surface area contributed by atoms with Crippen LogP contribution in [0.5, 0.6) is 0 Å². The number of nitrogens with two attached hydrogens (primary N) is 1. The van der Waals surface area contributed by atoms with Gasteiger partial charge in [-0.2, -0.15) is 0 Å². The number of nitrogens with zero attached hydrogens (tertiary/aromatic N) is 1.